The zero-order valence-corrected chi connectivity index (χ0v) is 15.8. The van der Waals surface area contributed by atoms with E-state index in [1.54, 1.807) is 4.68 Å². The first-order valence-electron chi connectivity index (χ1n) is 7.83. The Morgan fingerprint density at radius 2 is 2.24 bits per heavy atom. The van der Waals surface area contributed by atoms with Gasteiger partial charge in [-0.3, -0.25) is 9.69 Å². The van der Waals surface area contributed by atoms with Gasteiger partial charge in [-0.05, 0) is 37.0 Å². The lowest BCUT2D eigenvalue weighted by Crippen LogP contribution is -2.27. The molecule has 0 bridgehead atoms. The second kappa shape index (κ2) is 9.27. The van der Waals surface area contributed by atoms with Crippen LogP contribution in [-0.4, -0.2) is 33.7 Å². The van der Waals surface area contributed by atoms with Crippen molar-refractivity contribution in [3.05, 3.63) is 28.2 Å². The molecule has 0 atom stereocenters. The summed E-state index contributed by atoms with van der Waals surface area (Å²) in [5.41, 5.74) is 1.54. The lowest BCUT2D eigenvalue weighted by atomic mass is 10.3. The van der Waals surface area contributed by atoms with Crippen LogP contribution in [0.3, 0.4) is 0 Å². The lowest BCUT2D eigenvalue weighted by molar-refractivity contribution is -0.114. The van der Waals surface area contributed by atoms with E-state index in [2.05, 4.69) is 26.7 Å². The summed E-state index contributed by atoms with van der Waals surface area (Å²) in [5.74, 6) is -0.117. The monoisotopic (exact) mass is 376 g/mol. The number of carbonyl (C=O) groups is 1. The molecule has 0 saturated heterocycles. The molecule has 0 aliphatic heterocycles. The molecule has 2 aromatic rings. The van der Waals surface area contributed by atoms with Crippen LogP contribution < -0.4 is 10.6 Å². The van der Waals surface area contributed by atoms with Gasteiger partial charge in [0.15, 0.2) is 3.95 Å². The number of nitriles is 1. The molecule has 0 spiro atoms. The molecule has 2 rings (SSSR count). The minimum absolute atomic E-state index is 0.117. The highest BCUT2D eigenvalue weighted by Gasteiger charge is 2.08. The molecule has 0 aliphatic carbocycles. The summed E-state index contributed by atoms with van der Waals surface area (Å²) in [6.07, 6.45) is 0.479. The molecule has 0 saturated carbocycles. The van der Waals surface area contributed by atoms with Gasteiger partial charge in [0.25, 0.3) is 0 Å². The Labute approximate surface area is 155 Å². The Hall–Kier alpha value is -2.28. The van der Waals surface area contributed by atoms with E-state index in [-0.39, 0.29) is 5.91 Å². The van der Waals surface area contributed by atoms with Gasteiger partial charge in [-0.25, -0.2) is 4.68 Å². The second-order valence-corrected chi connectivity index (χ2v) is 6.94. The molecule has 2 N–H and O–H groups in total. The smallest absolute Gasteiger partial charge is 0.221 e. The maximum atomic E-state index is 11.2. The van der Waals surface area contributed by atoms with E-state index in [0.29, 0.717) is 34.4 Å². The lowest BCUT2D eigenvalue weighted by Gasteiger charge is -2.18. The summed E-state index contributed by atoms with van der Waals surface area (Å²) < 4.78 is 2.41. The summed E-state index contributed by atoms with van der Waals surface area (Å²) in [6.45, 7) is 5.58. The molecule has 1 aromatic carbocycles. The summed E-state index contributed by atoms with van der Waals surface area (Å²) in [6, 6.07) is 9.55. The van der Waals surface area contributed by atoms with Crippen LogP contribution >= 0.6 is 23.6 Å². The maximum absolute atomic E-state index is 11.2. The van der Waals surface area contributed by atoms with E-state index < -0.39 is 0 Å². The number of benzene rings is 1. The predicted molar refractivity (Wildman–Crippen MR) is 102 cm³/mol. The van der Waals surface area contributed by atoms with Crippen LogP contribution in [-0.2, 0) is 11.5 Å². The van der Waals surface area contributed by atoms with Crippen LogP contribution in [0.15, 0.2) is 24.3 Å². The van der Waals surface area contributed by atoms with Gasteiger partial charge >= 0.3 is 0 Å². The van der Waals surface area contributed by atoms with Crippen molar-refractivity contribution in [2.75, 3.05) is 23.7 Å². The van der Waals surface area contributed by atoms with E-state index in [9.17, 15) is 4.79 Å². The van der Waals surface area contributed by atoms with Crippen molar-refractivity contribution in [3.8, 4) is 6.07 Å². The van der Waals surface area contributed by atoms with Gasteiger partial charge < -0.3 is 10.6 Å². The van der Waals surface area contributed by atoms with Crippen molar-refractivity contribution < 1.29 is 4.79 Å². The number of rotatable bonds is 8. The van der Waals surface area contributed by atoms with Crippen LogP contribution in [0.25, 0.3) is 0 Å². The van der Waals surface area contributed by atoms with Gasteiger partial charge in [0.1, 0.15) is 0 Å². The van der Waals surface area contributed by atoms with Gasteiger partial charge in [-0.15, -0.1) is 5.10 Å². The van der Waals surface area contributed by atoms with E-state index >= 15 is 0 Å². The number of nitrogens with one attached hydrogen (secondary N) is 2. The average molecular weight is 377 g/mol. The highest BCUT2D eigenvalue weighted by Crippen LogP contribution is 2.23. The van der Waals surface area contributed by atoms with Crippen molar-refractivity contribution in [3.63, 3.8) is 0 Å². The van der Waals surface area contributed by atoms with Gasteiger partial charge in [-0.2, -0.15) is 5.26 Å². The van der Waals surface area contributed by atoms with Crippen molar-refractivity contribution in [2.24, 2.45) is 0 Å². The number of hydrogen-bond donors (Lipinski definition) is 2. The highest BCUT2D eigenvalue weighted by molar-refractivity contribution is 7.73. The second-order valence-electron chi connectivity index (χ2n) is 5.32. The fourth-order valence-electron chi connectivity index (χ4n) is 2.17. The predicted octanol–water partition coefficient (Wildman–Crippen LogP) is 3.57. The zero-order chi connectivity index (χ0) is 18.2. The van der Waals surface area contributed by atoms with Crippen molar-refractivity contribution in [1.82, 2.24) is 14.7 Å². The standard InChI is InChI=1S/C16H20N6OS2/c1-3-21(9-5-8-17)11-22-16(24)25-15(20-22)19-14-7-4-6-13(10-14)18-12(2)23/h4,6-7,10H,3,5,9,11H2,1-2H3,(H,18,23)(H,19,20). The fraction of sp³-hybridized carbons (Fsp3) is 0.375. The molecule has 9 heteroatoms. The molecule has 0 aliphatic rings. The van der Waals surface area contributed by atoms with Crippen LogP contribution in [0.5, 0.6) is 0 Å². The molecule has 0 radical (unpaired) electrons. The van der Waals surface area contributed by atoms with Gasteiger partial charge in [-0.1, -0.05) is 24.3 Å². The molecular weight excluding hydrogens is 356 g/mol. The molecule has 0 unspecified atom stereocenters. The van der Waals surface area contributed by atoms with Crippen LogP contribution in [0.4, 0.5) is 16.5 Å². The molecule has 132 valence electrons. The molecule has 1 heterocycles. The third-order valence-corrected chi connectivity index (χ3v) is 4.58. The number of anilines is 3. The Kier molecular flexibility index (Phi) is 7.06. The molecule has 1 aromatic heterocycles. The fourth-order valence-corrected chi connectivity index (χ4v) is 3.19. The summed E-state index contributed by atoms with van der Waals surface area (Å²) in [5, 5.41) is 19.9. The van der Waals surface area contributed by atoms with E-state index in [0.717, 1.165) is 12.2 Å². The number of nitrogens with zero attached hydrogens (tertiary/aromatic N) is 4. The van der Waals surface area contributed by atoms with Crippen LogP contribution in [0, 0.1) is 15.3 Å². The molecular formula is C16H20N6OS2. The van der Waals surface area contributed by atoms with Gasteiger partial charge in [0, 0.05) is 31.3 Å². The summed E-state index contributed by atoms with van der Waals surface area (Å²) in [7, 11) is 0. The molecule has 0 fully saturated rings. The van der Waals surface area contributed by atoms with E-state index in [1.165, 1.54) is 18.3 Å². The van der Waals surface area contributed by atoms with E-state index in [1.807, 2.05) is 31.2 Å². The Morgan fingerprint density at radius 3 is 2.92 bits per heavy atom. The first-order chi connectivity index (χ1) is 12.0. The molecule has 7 nitrogen and oxygen atoms in total. The minimum atomic E-state index is -0.117. The van der Waals surface area contributed by atoms with Gasteiger partial charge in [0.05, 0.1) is 12.7 Å². The average Bonchev–Trinajstić information content (AvgIpc) is 2.90. The number of hydrogen-bond acceptors (Lipinski definition) is 7. The Balaban J connectivity index is 2.08. The minimum Gasteiger partial charge on any atom is -0.330 e. The molecule has 1 amide bonds. The molecule has 25 heavy (non-hydrogen) atoms. The quantitative estimate of drug-likeness (QED) is 0.685. The Bertz CT molecular complexity index is 823. The largest absolute Gasteiger partial charge is 0.330 e. The summed E-state index contributed by atoms with van der Waals surface area (Å²) >= 11 is 6.76. The number of aromatic nitrogens is 2. The third kappa shape index (κ3) is 5.94. The summed E-state index contributed by atoms with van der Waals surface area (Å²) in [4.78, 5) is 13.3. The van der Waals surface area contributed by atoms with Crippen molar-refractivity contribution >= 4 is 46.0 Å². The number of carbonyl (C=O) groups excluding carboxylic acids is 1. The zero-order valence-electron chi connectivity index (χ0n) is 14.2. The Morgan fingerprint density at radius 1 is 1.48 bits per heavy atom. The van der Waals surface area contributed by atoms with E-state index in [4.69, 9.17) is 17.5 Å². The first-order valence-corrected chi connectivity index (χ1v) is 9.06. The first kappa shape index (κ1) is 19.1. The van der Waals surface area contributed by atoms with Crippen LogP contribution in [0.1, 0.15) is 20.3 Å². The van der Waals surface area contributed by atoms with Crippen LogP contribution in [0.2, 0.25) is 0 Å². The van der Waals surface area contributed by atoms with Crippen molar-refractivity contribution in [2.45, 2.75) is 26.9 Å². The SMILES string of the molecule is CCN(CCC#N)Cn1nc(Nc2cccc(NC(C)=O)c2)sc1=S. The number of amides is 1. The topological polar surface area (TPSA) is 86.0 Å². The van der Waals surface area contributed by atoms with Crippen molar-refractivity contribution in [1.29, 1.82) is 5.26 Å². The normalized spacial score (nSPS) is 10.5. The third-order valence-electron chi connectivity index (χ3n) is 3.36. The highest BCUT2D eigenvalue weighted by atomic mass is 32.1. The van der Waals surface area contributed by atoms with Gasteiger partial charge in [0.2, 0.25) is 11.0 Å². The maximum Gasteiger partial charge on any atom is 0.221 e.